The summed E-state index contributed by atoms with van der Waals surface area (Å²) in [6.45, 7) is 0. The van der Waals surface area contributed by atoms with E-state index in [1.807, 2.05) is 0 Å². The molecule has 86 valence electrons. The molecule has 0 fully saturated rings. The van der Waals surface area contributed by atoms with Gasteiger partial charge in [-0.2, -0.15) is 0 Å². The molecule has 1 aromatic rings. The number of carbonyl (C=O) groups excluding carboxylic acids is 2. The zero-order valence-electron chi connectivity index (χ0n) is 8.17. The van der Waals surface area contributed by atoms with Gasteiger partial charge in [-0.25, -0.2) is 9.18 Å². The topological polar surface area (TPSA) is 43.4 Å². The lowest BCUT2D eigenvalue weighted by Gasteiger charge is -2.09. The Balaban J connectivity index is 3.04. The van der Waals surface area contributed by atoms with Crippen molar-refractivity contribution in [3.05, 3.63) is 34.1 Å². The quantitative estimate of drug-likeness (QED) is 0.490. The second-order valence-corrected chi connectivity index (χ2v) is 4.17. The van der Waals surface area contributed by atoms with Gasteiger partial charge in [0.05, 0.1) is 7.11 Å². The van der Waals surface area contributed by atoms with Crippen LogP contribution in [-0.2, 0) is 14.3 Å². The molecule has 0 N–H and O–H groups in total. The molecule has 0 aliphatic rings. The number of hydrogen-bond acceptors (Lipinski definition) is 3. The molecule has 1 unspecified atom stereocenters. The van der Waals surface area contributed by atoms with E-state index < -0.39 is 22.9 Å². The van der Waals surface area contributed by atoms with Gasteiger partial charge in [0.25, 0.3) is 5.78 Å². The molecule has 16 heavy (non-hydrogen) atoms. The van der Waals surface area contributed by atoms with E-state index in [0.29, 0.717) is 4.47 Å². The Morgan fingerprint density at radius 3 is 2.69 bits per heavy atom. The molecule has 6 heteroatoms. The van der Waals surface area contributed by atoms with Gasteiger partial charge >= 0.3 is 5.97 Å². The van der Waals surface area contributed by atoms with Gasteiger partial charge in [-0.05, 0) is 23.8 Å². The number of hydrogen-bond donors (Lipinski definition) is 0. The van der Waals surface area contributed by atoms with Gasteiger partial charge in [0.15, 0.2) is 0 Å². The molecule has 1 aromatic carbocycles. The second-order valence-electron chi connectivity index (χ2n) is 2.88. The maximum absolute atomic E-state index is 12.9. The normalized spacial score (nSPS) is 12.0. The maximum Gasteiger partial charge on any atom is 0.376 e. The van der Waals surface area contributed by atoms with Gasteiger partial charge < -0.3 is 4.74 Å². The summed E-state index contributed by atoms with van der Waals surface area (Å²) in [5, 5.41) is -1.27. The highest BCUT2D eigenvalue weighted by Gasteiger charge is 2.27. The van der Waals surface area contributed by atoms with Crippen molar-refractivity contribution in [3.8, 4) is 0 Å². The van der Waals surface area contributed by atoms with Crippen LogP contribution < -0.4 is 0 Å². The Morgan fingerprint density at radius 1 is 1.50 bits per heavy atom. The van der Waals surface area contributed by atoms with Crippen LogP contribution in [0, 0.1) is 5.82 Å². The Hall–Kier alpha value is -0.940. The summed E-state index contributed by atoms with van der Waals surface area (Å²) in [5.74, 6) is -2.53. The summed E-state index contributed by atoms with van der Waals surface area (Å²) >= 11 is 8.88. The standard InChI is InChI=1S/C10H7BrClFO3/c1-16-10(15)9(14)8(12)6-4-5(13)2-3-7(6)11/h2-4,8H,1H3. The number of ketones is 1. The van der Waals surface area contributed by atoms with Crippen LogP contribution in [0.4, 0.5) is 4.39 Å². The molecule has 0 bridgehead atoms. The highest BCUT2D eigenvalue weighted by Crippen LogP contribution is 2.29. The lowest BCUT2D eigenvalue weighted by Crippen LogP contribution is -2.20. The predicted molar refractivity (Wildman–Crippen MR) is 59.7 cm³/mol. The molecule has 3 nitrogen and oxygen atoms in total. The fourth-order valence-electron chi connectivity index (χ4n) is 1.05. The van der Waals surface area contributed by atoms with E-state index in [4.69, 9.17) is 11.6 Å². The minimum absolute atomic E-state index is 0.192. The number of halogens is 3. The first-order chi connectivity index (χ1) is 7.47. The summed E-state index contributed by atoms with van der Waals surface area (Å²) in [4.78, 5) is 22.3. The van der Waals surface area contributed by atoms with Crippen molar-refractivity contribution in [2.45, 2.75) is 5.38 Å². The molecule has 0 aromatic heterocycles. The average Bonchev–Trinajstić information content (AvgIpc) is 2.29. The van der Waals surface area contributed by atoms with Gasteiger partial charge in [-0.3, -0.25) is 4.79 Å². The number of Topliss-reactive ketones (excluding diaryl/α,β-unsaturated/α-hetero) is 1. The second kappa shape index (κ2) is 5.41. The number of esters is 1. The van der Waals surface area contributed by atoms with E-state index in [0.717, 1.165) is 13.2 Å². The van der Waals surface area contributed by atoms with E-state index in [2.05, 4.69) is 20.7 Å². The molecule has 0 heterocycles. The Morgan fingerprint density at radius 2 is 2.12 bits per heavy atom. The van der Waals surface area contributed by atoms with Gasteiger partial charge in [0.1, 0.15) is 11.2 Å². The number of alkyl halides is 1. The first-order valence-electron chi connectivity index (χ1n) is 4.18. The molecular formula is C10H7BrClFO3. The van der Waals surface area contributed by atoms with E-state index >= 15 is 0 Å². The minimum Gasteiger partial charge on any atom is -0.463 e. The van der Waals surface area contributed by atoms with Crippen LogP contribution in [0.25, 0.3) is 0 Å². The van der Waals surface area contributed by atoms with Gasteiger partial charge in [-0.15, -0.1) is 11.6 Å². The number of carbonyl (C=O) groups is 2. The summed E-state index contributed by atoms with van der Waals surface area (Å²) < 4.78 is 17.6. The average molecular weight is 310 g/mol. The summed E-state index contributed by atoms with van der Waals surface area (Å²) in [6, 6.07) is 3.70. The number of benzene rings is 1. The predicted octanol–water partition coefficient (Wildman–Crippen LogP) is 2.61. The van der Waals surface area contributed by atoms with E-state index in [1.54, 1.807) is 0 Å². The van der Waals surface area contributed by atoms with Crippen molar-refractivity contribution in [1.29, 1.82) is 0 Å². The fourth-order valence-corrected chi connectivity index (χ4v) is 1.93. The Kier molecular flexibility index (Phi) is 4.44. The van der Waals surface area contributed by atoms with E-state index in [9.17, 15) is 14.0 Å². The van der Waals surface area contributed by atoms with Crippen LogP contribution in [-0.4, -0.2) is 18.9 Å². The number of ether oxygens (including phenoxy) is 1. The molecule has 1 atom stereocenters. The van der Waals surface area contributed by atoms with Crippen molar-refractivity contribution >= 4 is 39.3 Å². The lowest BCUT2D eigenvalue weighted by molar-refractivity contribution is -0.151. The molecule has 0 aliphatic heterocycles. The van der Waals surface area contributed by atoms with Crippen LogP contribution in [0.5, 0.6) is 0 Å². The minimum atomic E-state index is -1.27. The molecular weight excluding hydrogens is 302 g/mol. The highest BCUT2D eigenvalue weighted by molar-refractivity contribution is 9.10. The van der Waals surface area contributed by atoms with Crippen LogP contribution in [0.1, 0.15) is 10.9 Å². The number of rotatable bonds is 3. The van der Waals surface area contributed by atoms with Crippen LogP contribution in [0.2, 0.25) is 0 Å². The monoisotopic (exact) mass is 308 g/mol. The lowest BCUT2D eigenvalue weighted by atomic mass is 10.1. The third-order valence-corrected chi connectivity index (χ3v) is 3.00. The molecule has 0 radical (unpaired) electrons. The van der Waals surface area contributed by atoms with Gasteiger partial charge in [0, 0.05) is 4.47 Å². The summed E-state index contributed by atoms with van der Waals surface area (Å²) in [5.41, 5.74) is 0.192. The molecule has 0 spiro atoms. The summed E-state index contributed by atoms with van der Waals surface area (Å²) in [7, 11) is 1.07. The highest BCUT2D eigenvalue weighted by atomic mass is 79.9. The van der Waals surface area contributed by atoms with Crippen LogP contribution >= 0.6 is 27.5 Å². The summed E-state index contributed by atoms with van der Waals surface area (Å²) in [6.07, 6.45) is 0. The molecule has 1 rings (SSSR count). The maximum atomic E-state index is 12.9. The third kappa shape index (κ3) is 2.80. The van der Waals surface area contributed by atoms with Crippen LogP contribution in [0.15, 0.2) is 22.7 Å². The van der Waals surface area contributed by atoms with Crippen LogP contribution in [0.3, 0.4) is 0 Å². The SMILES string of the molecule is COC(=O)C(=O)C(Cl)c1cc(F)ccc1Br. The van der Waals surface area contributed by atoms with Crippen molar-refractivity contribution in [1.82, 2.24) is 0 Å². The first kappa shape index (κ1) is 13.1. The molecule has 0 aliphatic carbocycles. The van der Waals surface area contributed by atoms with Crippen molar-refractivity contribution < 1.29 is 18.7 Å². The van der Waals surface area contributed by atoms with Gasteiger partial charge in [0.2, 0.25) is 0 Å². The van der Waals surface area contributed by atoms with Gasteiger partial charge in [-0.1, -0.05) is 15.9 Å². The molecule has 0 saturated heterocycles. The van der Waals surface area contributed by atoms with E-state index in [-0.39, 0.29) is 5.56 Å². The Bertz CT molecular complexity index is 436. The third-order valence-electron chi connectivity index (χ3n) is 1.85. The first-order valence-corrected chi connectivity index (χ1v) is 5.41. The Labute approximate surface area is 105 Å². The van der Waals surface area contributed by atoms with Crippen molar-refractivity contribution in [2.75, 3.05) is 7.11 Å². The number of methoxy groups -OCH3 is 1. The zero-order valence-corrected chi connectivity index (χ0v) is 10.5. The zero-order chi connectivity index (χ0) is 12.3. The molecule has 0 saturated carbocycles. The molecule has 0 amide bonds. The fraction of sp³-hybridized carbons (Fsp3) is 0.200. The largest absolute Gasteiger partial charge is 0.463 e. The smallest absolute Gasteiger partial charge is 0.376 e. The van der Waals surface area contributed by atoms with Crippen molar-refractivity contribution in [3.63, 3.8) is 0 Å². The van der Waals surface area contributed by atoms with E-state index in [1.165, 1.54) is 12.1 Å². The van der Waals surface area contributed by atoms with Crippen molar-refractivity contribution in [2.24, 2.45) is 0 Å².